The van der Waals surface area contributed by atoms with E-state index in [4.69, 9.17) is 5.11 Å². The number of anilines is 4. The maximum atomic E-state index is 9.33. The Bertz CT molecular complexity index is 720. The van der Waals surface area contributed by atoms with Gasteiger partial charge < -0.3 is 20.4 Å². The van der Waals surface area contributed by atoms with Crippen molar-refractivity contribution in [3.63, 3.8) is 0 Å². The van der Waals surface area contributed by atoms with Gasteiger partial charge in [-0.25, -0.2) is 5.43 Å². The molecule has 138 valence electrons. The van der Waals surface area contributed by atoms with E-state index in [0.717, 1.165) is 31.6 Å². The number of nitrogens with one attached hydrogen (secondary N) is 2. The van der Waals surface area contributed by atoms with Gasteiger partial charge in [0.2, 0.25) is 17.8 Å². The van der Waals surface area contributed by atoms with E-state index in [1.54, 1.807) is 0 Å². The molecule has 26 heavy (non-hydrogen) atoms. The lowest BCUT2D eigenvalue weighted by molar-refractivity contribution is 0.148. The Morgan fingerprint density at radius 1 is 1.08 bits per heavy atom. The zero-order valence-corrected chi connectivity index (χ0v) is 14.4. The third kappa shape index (κ3) is 5.11. The lowest BCUT2D eigenvalue weighted by Gasteiger charge is -2.26. The Labute approximate surface area is 151 Å². The second-order valence-corrected chi connectivity index (χ2v) is 5.96. The van der Waals surface area contributed by atoms with Crippen molar-refractivity contribution in [1.82, 2.24) is 15.0 Å². The van der Waals surface area contributed by atoms with Gasteiger partial charge in [-0.2, -0.15) is 20.1 Å². The SMILES string of the molecule is OC[C@@H](O)C=NNc1nc(Nc2ccccc2)nc(N2CCCCC2)n1. The summed E-state index contributed by atoms with van der Waals surface area (Å²) in [7, 11) is 0. The molecule has 4 N–H and O–H groups in total. The standard InChI is InChI=1S/C17H23N7O2/c25-12-14(26)11-18-23-16-20-15(19-13-7-3-1-4-8-13)21-17(22-16)24-9-5-2-6-10-24/h1,3-4,7-8,11,14,25-26H,2,5-6,9-10,12H2,(H2,19,20,21,22,23)/t14-/m0/s1. The molecule has 0 amide bonds. The van der Waals surface area contributed by atoms with Crippen LogP contribution in [0.15, 0.2) is 35.4 Å². The predicted octanol–water partition coefficient (Wildman–Crippen LogP) is 1.36. The molecule has 9 nitrogen and oxygen atoms in total. The van der Waals surface area contributed by atoms with E-state index in [1.165, 1.54) is 12.6 Å². The first-order valence-corrected chi connectivity index (χ1v) is 8.66. The van der Waals surface area contributed by atoms with E-state index < -0.39 is 12.7 Å². The number of aromatic nitrogens is 3. The average Bonchev–Trinajstić information content (AvgIpc) is 2.69. The van der Waals surface area contributed by atoms with Crippen molar-refractivity contribution in [3.05, 3.63) is 30.3 Å². The minimum atomic E-state index is -1.03. The van der Waals surface area contributed by atoms with Crippen LogP contribution in [0.3, 0.4) is 0 Å². The maximum Gasteiger partial charge on any atom is 0.250 e. The molecule has 0 saturated carbocycles. The second kappa shape index (κ2) is 9.07. The van der Waals surface area contributed by atoms with E-state index in [0.29, 0.717) is 11.9 Å². The molecule has 0 spiro atoms. The van der Waals surface area contributed by atoms with Crippen LogP contribution < -0.4 is 15.6 Å². The van der Waals surface area contributed by atoms with Gasteiger partial charge in [-0.05, 0) is 31.4 Å². The number of aliphatic hydroxyl groups is 2. The number of nitrogens with zero attached hydrogens (tertiary/aromatic N) is 5. The van der Waals surface area contributed by atoms with E-state index in [2.05, 4.69) is 35.7 Å². The zero-order valence-electron chi connectivity index (χ0n) is 14.4. The molecule has 1 aromatic heterocycles. The monoisotopic (exact) mass is 357 g/mol. The van der Waals surface area contributed by atoms with Gasteiger partial charge in [-0.1, -0.05) is 18.2 Å². The largest absolute Gasteiger partial charge is 0.393 e. The van der Waals surface area contributed by atoms with Gasteiger partial charge in [0.05, 0.1) is 12.8 Å². The van der Waals surface area contributed by atoms with Gasteiger partial charge in [-0.3, -0.25) is 0 Å². The highest BCUT2D eigenvalue weighted by molar-refractivity contribution is 5.64. The van der Waals surface area contributed by atoms with E-state index in [1.807, 2.05) is 30.3 Å². The van der Waals surface area contributed by atoms with Crippen molar-refractivity contribution in [2.45, 2.75) is 25.4 Å². The number of benzene rings is 1. The van der Waals surface area contributed by atoms with Crippen LogP contribution >= 0.6 is 0 Å². The highest BCUT2D eigenvalue weighted by atomic mass is 16.3. The number of rotatable bonds is 7. The summed E-state index contributed by atoms with van der Waals surface area (Å²) in [5, 5.41) is 25.2. The van der Waals surface area contributed by atoms with Gasteiger partial charge in [0.15, 0.2) is 0 Å². The average molecular weight is 357 g/mol. The lowest BCUT2D eigenvalue weighted by Crippen LogP contribution is -2.31. The Kier molecular flexibility index (Phi) is 6.29. The highest BCUT2D eigenvalue weighted by Gasteiger charge is 2.16. The maximum absolute atomic E-state index is 9.33. The molecule has 1 atom stereocenters. The topological polar surface area (TPSA) is 119 Å². The first-order chi connectivity index (χ1) is 12.7. The number of hydrazone groups is 1. The normalized spacial score (nSPS) is 15.8. The van der Waals surface area contributed by atoms with E-state index >= 15 is 0 Å². The van der Waals surface area contributed by atoms with Crippen molar-refractivity contribution >= 4 is 29.7 Å². The molecule has 0 aliphatic carbocycles. The van der Waals surface area contributed by atoms with Crippen LogP contribution in [0.4, 0.5) is 23.5 Å². The summed E-state index contributed by atoms with van der Waals surface area (Å²) < 4.78 is 0. The smallest absolute Gasteiger partial charge is 0.250 e. The molecule has 0 bridgehead atoms. The minimum Gasteiger partial charge on any atom is -0.393 e. The number of hydrogen-bond acceptors (Lipinski definition) is 9. The summed E-state index contributed by atoms with van der Waals surface area (Å²) >= 11 is 0. The molecule has 2 heterocycles. The van der Waals surface area contributed by atoms with Crippen LogP contribution in [-0.4, -0.2) is 57.2 Å². The van der Waals surface area contributed by atoms with Crippen molar-refractivity contribution in [3.8, 4) is 0 Å². The molecule has 1 aliphatic rings. The quantitative estimate of drug-likeness (QED) is 0.433. The summed E-state index contributed by atoms with van der Waals surface area (Å²) in [6.07, 6.45) is 3.58. The van der Waals surface area contributed by atoms with Crippen LogP contribution in [0, 0.1) is 0 Å². The van der Waals surface area contributed by atoms with Crippen LogP contribution in [0.5, 0.6) is 0 Å². The Morgan fingerprint density at radius 3 is 2.54 bits per heavy atom. The fourth-order valence-corrected chi connectivity index (χ4v) is 2.58. The van der Waals surface area contributed by atoms with Crippen molar-refractivity contribution in [1.29, 1.82) is 0 Å². The Balaban J connectivity index is 1.82. The van der Waals surface area contributed by atoms with E-state index in [-0.39, 0.29) is 5.95 Å². The molecule has 1 aromatic carbocycles. The highest BCUT2D eigenvalue weighted by Crippen LogP contribution is 2.20. The molecule has 1 aliphatic heterocycles. The molecule has 1 fully saturated rings. The van der Waals surface area contributed by atoms with Crippen LogP contribution in [0.25, 0.3) is 0 Å². The molecular weight excluding hydrogens is 334 g/mol. The molecule has 3 rings (SSSR count). The second-order valence-electron chi connectivity index (χ2n) is 5.96. The predicted molar refractivity (Wildman–Crippen MR) is 101 cm³/mol. The summed E-state index contributed by atoms with van der Waals surface area (Å²) in [5.74, 6) is 1.26. The number of piperidine rings is 1. The van der Waals surface area contributed by atoms with E-state index in [9.17, 15) is 5.11 Å². The fraction of sp³-hybridized carbons (Fsp3) is 0.412. The minimum absolute atomic E-state index is 0.264. The Hall–Kier alpha value is -2.78. The van der Waals surface area contributed by atoms with Crippen molar-refractivity contribution in [2.75, 3.05) is 35.3 Å². The Morgan fingerprint density at radius 2 is 1.81 bits per heavy atom. The molecule has 1 saturated heterocycles. The summed E-state index contributed by atoms with van der Waals surface area (Å²) in [5.41, 5.74) is 3.55. The van der Waals surface area contributed by atoms with Crippen molar-refractivity contribution < 1.29 is 10.2 Å². The number of hydrogen-bond donors (Lipinski definition) is 4. The van der Waals surface area contributed by atoms with Gasteiger partial charge in [0.25, 0.3) is 0 Å². The van der Waals surface area contributed by atoms with Gasteiger partial charge >= 0.3 is 0 Å². The number of aliphatic hydroxyl groups excluding tert-OH is 2. The molecular formula is C17H23N7O2. The molecule has 2 aromatic rings. The van der Waals surface area contributed by atoms with Gasteiger partial charge in [-0.15, -0.1) is 0 Å². The van der Waals surface area contributed by atoms with Crippen LogP contribution in [-0.2, 0) is 0 Å². The van der Waals surface area contributed by atoms with Gasteiger partial charge in [0.1, 0.15) is 6.10 Å². The van der Waals surface area contributed by atoms with Crippen molar-refractivity contribution in [2.24, 2.45) is 5.10 Å². The summed E-state index contributed by atoms with van der Waals surface area (Å²) in [6.45, 7) is 1.41. The molecule has 0 unspecified atom stereocenters. The van der Waals surface area contributed by atoms with Gasteiger partial charge in [0, 0.05) is 18.8 Å². The molecule has 9 heteroatoms. The summed E-state index contributed by atoms with van der Waals surface area (Å²) in [6, 6.07) is 9.63. The lowest BCUT2D eigenvalue weighted by atomic mass is 10.1. The van der Waals surface area contributed by atoms with Crippen LogP contribution in [0.2, 0.25) is 0 Å². The summed E-state index contributed by atoms with van der Waals surface area (Å²) in [4.78, 5) is 15.4. The zero-order chi connectivity index (χ0) is 18.2. The van der Waals surface area contributed by atoms with Crippen LogP contribution in [0.1, 0.15) is 19.3 Å². The molecule has 0 radical (unpaired) electrons. The first kappa shape index (κ1) is 18.0. The fourth-order valence-electron chi connectivity index (χ4n) is 2.58. The third-order valence-corrected chi connectivity index (χ3v) is 3.89. The third-order valence-electron chi connectivity index (χ3n) is 3.89. The first-order valence-electron chi connectivity index (χ1n) is 8.66. The number of para-hydroxylation sites is 1.